The Morgan fingerprint density at radius 2 is 1.79 bits per heavy atom. The van der Waals surface area contributed by atoms with E-state index in [-0.39, 0.29) is 16.8 Å². The minimum atomic E-state index is -3.71. The molecule has 1 aromatic carbocycles. The van der Waals surface area contributed by atoms with E-state index in [0.29, 0.717) is 39.0 Å². The fourth-order valence-electron chi connectivity index (χ4n) is 3.11. The van der Waals surface area contributed by atoms with Crippen LogP contribution in [0.3, 0.4) is 0 Å². The van der Waals surface area contributed by atoms with E-state index in [1.54, 1.807) is 24.3 Å². The predicted molar refractivity (Wildman–Crippen MR) is 111 cm³/mol. The molecule has 8 heteroatoms. The van der Waals surface area contributed by atoms with Crippen LogP contribution in [0.15, 0.2) is 29.2 Å². The molecule has 1 aromatic rings. The number of sulfonamides is 1. The van der Waals surface area contributed by atoms with Crippen molar-refractivity contribution < 1.29 is 13.2 Å². The molecule has 0 aliphatic carbocycles. The van der Waals surface area contributed by atoms with Gasteiger partial charge in [0.05, 0.1) is 11.4 Å². The zero-order valence-electron chi connectivity index (χ0n) is 16.9. The monoisotopic (exact) mass is 408 g/mol. The Hall–Kier alpha value is -2.09. The zero-order chi connectivity index (χ0) is 20.6. The van der Waals surface area contributed by atoms with E-state index in [0.717, 1.165) is 31.2 Å². The highest BCUT2D eigenvalue weighted by molar-refractivity contribution is 7.89. The summed E-state index contributed by atoms with van der Waals surface area (Å²) >= 11 is 0. The molecule has 156 valence electrons. The van der Waals surface area contributed by atoms with Crippen molar-refractivity contribution >= 4 is 21.9 Å². The molecule has 0 atom stereocenters. The third-order valence-electron chi connectivity index (χ3n) is 4.89. The molecule has 1 fully saturated rings. The average molecular weight is 409 g/mol. The number of benzene rings is 1. The molecule has 0 aromatic heterocycles. The van der Waals surface area contributed by atoms with Gasteiger partial charge in [-0.2, -0.15) is 0 Å². The molecule has 2 N–H and O–H groups in total. The molecule has 28 heavy (non-hydrogen) atoms. The highest BCUT2D eigenvalue weighted by Gasteiger charge is 2.34. The zero-order valence-corrected chi connectivity index (χ0v) is 17.7. The summed E-state index contributed by atoms with van der Waals surface area (Å²) in [5, 5.41) is 11.1. The number of nitrogens with zero attached hydrogens (tertiary/aromatic N) is 2. The third kappa shape index (κ3) is 5.70. The normalized spacial score (nSPS) is 14.6. The highest BCUT2D eigenvalue weighted by atomic mass is 32.2. The number of carbonyl (C=O) groups is 1. The first-order valence-corrected chi connectivity index (χ1v) is 11.6. The summed E-state index contributed by atoms with van der Waals surface area (Å²) in [4.78, 5) is 13.6. The van der Waals surface area contributed by atoms with E-state index in [2.05, 4.69) is 19.2 Å². The Bertz CT molecular complexity index is 762. The molecule has 0 saturated carbocycles. The quantitative estimate of drug-likeness (QED) is 0.588. The lowest BCUT2D eigenvalue weighted by atomic mass is 10.1. The topological polar surface area (TPSA) is 93.6 Å². The van der Waals surface area contributed by atoms with Crippen molar-refractivity contribution in [3.8, 4) is 0 Å². The summed E-state index contributed by atoms with van der Waals surface area (Å²) in [6.07, 6.45) is 5.04. The largest absolute Gasteiger partial charge is 0.356 e. The molecule has 1 aliphatic heterocycles. The number of hydrogen-bond acceptors (Lipinski definition) is 4. The molecule has 0 radical (unpaired) electrons. The van der Waals surface area contributed by atoms with Crippen molar-refractivity contribution in [3.05, 3.63) is 29.8 Å². The van der Waals surface area contributed by atoms with Crippen LogP contribution >= 0.6 is 0 Å². The molecule has 1 saturated heterocycles. The van der Waals surface area contributed by atoms with Crippen molar-refractivity contribution in [2.75, 3.05) is 26.2 Å². The van der Waals surface area contributed by atoms with Gasteiger partial charge in [-0.1, -0.05) is 38.8 Å². The average Bonchev–Trinajstić information content (AvgIpc) is 3.06. The minimum absolute atomic E-state index is 0.0567. The molecule has 0 bridgehead atoms. The summed E-state index contributed by atoms with van der Waals surface area (Å²) in [5.41, 5.74) is 0.968. The number of nitrogens with one attached hydrogen (secondary N) is 2. The van der Waals surface area contributed by atoms with Gasteiger partial charge >= 0.3 is 0 Å². The van der Waals surface area contributed by atoms with E-state index < -0.39 is 10.0 Å². The molecular formula is C20H32N4O3S. The molecule has 0 spiro atoms. The van der Waals surface area contributed by atoms with E-state index in [1.807, 2.05) is 4.90 Å². The van der Waals surface area contributed by atoms with E-state index >= 15 is 0 Å². The van der Waals surface area contributed by atoms with Crippen LogP contribution in [0, 0.1) is 5.41 Å². The first-order chi connectivity index (χ1) is 13.4. The van der Waals surface area contributed by atoms with Gasteiger partial charge in [0.15, 0.2) is 0 Å². The standard InChI is InChI=1S/C20H32N4O3S/c1-3-5-7-19(25)22-13-12-17-8-10-18(11-9-17)28(26,27)24-16-15-23(20(24)21)14-6-4-2/h8-11,21H,3-7,12-16H2,1-2H3,(H,22,25). The van der Waals surface area contributed by atoms with Gasteiger partial charge in [-0.15, -0.1) is 0 Å². The molecule has 1 amide bonds. The van der Waals surface area contributed by atoms with Gasteiger partial charge < -0.3 is 10.2 Å². The number of hydrogen-bond donors (Lipinski definition) is 2. The van der Waals surface area contributed by atoms with Crippen molar-refractivity contribution in [1.82, 2.24) is 14.5 Å². The number of carbonyl (C=O) groups excluding carboxylic acids is 1. The smallest absolute Gasteiger partial charge is 0.266 e. The molecule has 1 aliphatic rings. The Morgan fingerprint density at radius 1 is 1.11 bits per heavy atom. The van der Waals surface area contributed by atoms with E-state index in [4.69, 9.17) is 5.41 Å². The summed E-state index contributed by atoms with van der Waals surface area (Å²) in [5.74, 6) is 0.119. The second-order valence-electron chi connectivity index (χ2n) is 7.09. The highest BCUT2D eigenvalue weighted by Crippen LogP contribution is 2.21. The lowest BCUT2D eigenvalue weighted by molar-refractivity contribution is -0.121. The second-order valence-corrected chi connectivity index (χ2v) is 8.95. The van der Waals surface area contributed by atoms with Crippen LogP contribution in [-0.4, -0.2) is 55.7 Å². The van der Waals surface area contributed by atoms with Crippen molar-refractivity contribution in [3.63, 3.8) is 0 Å². The number of amides is 1. The molecule has 0 unspecified atom stereocenters. The molecule has 7 nitrogen and oxygen atoms in total. The Kier molecular flexibility index (Phi) is 8.29. The van der Waals surface area contributed by atoms with Gasteiger partial charge in [0.1, 0.15) is 0 Å². The minimum Gasteiger partial charge on any atom is -0.356 e. The maximum atomic E-state index is 12.9. The molecule has 2 rings (SSSR count). The lowest BCUT2D eigenvalue weighted by Crippen LogP contribution is -2.37. The Balaban J connectivity index is 1.93. The maximum Gasteiger partial charge on any atom is 0.266 e. The van der Waals surface area contributed by atoms with Gasteiger partial charge in [-0.05, 0) is 37.0 Å². The number of unbranched alkanes of at least 4 members (excludes halogenated alkanes) is 2. The van der Waals surface area contributed by atoms with Crippen LogP contribution in [0.25, 0.3) is 0 Å². The first kappa shape index (κ1) is 22.2. The van der Waals surface area contributed by atoms with Gasteiger partial charge in [0.25, 0.3) is 10.0 Å². The third-order valence-corrected chi connectivity index (χ3v) is 6.70. The van der Waals surface area contributed by atoms with Crippen molar-refractivity contribution in [2.45, 2.75) is 57.3 Å². The maximum absolute atomic E-state index is 12.9. The molecular weight excluding hydrogens is 376 g/mol. The Labute approximate surface area is 168 Å². The molecule has 1 heterocycles. The van der Waals surface area contributed by atoms with Crippen LogP contribution in [-0.2, 0) is 21.2 Å². The van der Waals surface area contributed by atoms with Gasteiger partial charge in [-0.3, -0.25) is 10.2 Å². The Morgan fingerprint density at radius 3 is 2.43 bits per heavy atom. The van der Waals surface area contributed by atoms with Gasteiger partial charge in [0.2, 0.25) is 11.9 Å². The summed E-state index contributed by atoms with van der Waals surface area (Å²) in [7, 11) is -3.71. The SMILES string of the molecule is CCCCC(=O)NCCc1ccc(S(=O)(=O)N2CCN(CCCC)C2=N)cc1. The van der Waals surface area contributed by atoms with Crippen LogP contribution in [0.1, 0.15) is 51.5 Å². The summed E-state index contributed by atoms with van der Waals surface area (Å²) < 4.78 is 26.9. The van der Waals surface area contributed by atoms with Gasteiger partial charge in [0, 0.05) is 26.1 Å². The first-order valence-electron chi connectivity index (χ1n) is 10.1. The van der Waals surface area contributed by atoms with Crippen LogP contribution < -0.4 is 5.32 Å². The van der Waals surface area contributed by atoms with Crippen LogP contribution in [0.2, 0.25) is 0 Å². The summed E-state index contributed by atoms with van der Waals surface area (Å²) in [6.45, 7) is 6.26. The van der Waals surface area contributed by atoms with Gasteiger partial charge in [-0.25, -0.2) is 12.7 Å². The summed E-state index contributed by atoms with van der Waals surface area (Å²) in [6, 6.07) is 6.73. The van der Waals surface area contributed by atoms with E-state index in [1.165, 1.54) is 4.31 Å². The number of guanidine groups is 1. The van der Waals surface area contributed by atoms with Crippen molar-refractivity contribution in [1.29, 1.82) is 5.41 Å². The van der Waals surface area contributed by atoms with E-state index in [9.17, 15) is 13.2 Å². The number of rotatable bonds is 11. The fraction of sp³-hybridized carbons (Fsp3) is 0.600. The second kappa shape index (κ2) is 10.5. The predicted octanol–water partition coefficient (Wildman–Crippen LogP) is 2.58. The lowest BCUT2D eigenvalue weighted by Gasteiger charge is -2.21. The van der Waals surface area contributed by atoms with Crippen molar-refractivity contribution in [2.24, 2.45) is 0 Å². The van der Waals surface area contributed by atoms with Crippen LogP contribution in [0.5, 0.6) is 0 Å². The fourth-order valence-corrected chi connectivity index (χ4v) is 4.51. The van der Waals surface area contributed by atoms with Crippen LogP contribution in [0.4, 0.5) is 0 Å².